The fourth-order valence-electron chi connectivity index (χ4n) is 1.85. The summed E-state index contributed by atoms with van der Waals surface area (Å²) in [4.78, 5) is 13.9. The first-order valence-corrected chi connectivity index (χ1v) is 6.39. The summed E-state index contributed by atoms with van der Waals surface area (Å²) in [5.74, 6) is 0.817. The molecule has 6 heteroatoms. The number of carbonyl (C=O) groups is 1. The minimum atomic E-state index is -0.244. The third kappa shape index (κ3) is 3.48. The second kappa shape index (κ2) is 6.22. The van der Waals surface area contributed by atoms with Crippen LogP contribution in [-0.4, -0.2) is 43.2 Å². The van der Waals surface area contributed by atoms with Gasteiger partial charge in [-0.25, -0.2) is 0 Å². The van der Waals surface area contributed by atoms with E-state index in [0.717, 1.165) is 5.76 Å². The summed E-state index contributed by atoms with van der Waals surface area (Å²) in [6.07, 6.45) is 0. The number of nitrogens with one attached hydrogen (secondary N) is 1. The van der Waals surface area contributed by atoms with Crippen LogP contribution in [0.3, 0.4) is 0 Å². The maximum Gasteiger partial charge on any atom is 0.239 e. The van der Waals surface area contributed by atoms with Crippen molar-refractivity contribution in [2.45, 2.75) is 19.5 Å². The molecule has 0 radical (unpaired) electrons. The van der Waals surface area contributed by atoms with Gasteiger partial charge in [0.15, 0.2) is 5.22 Å². The molecule has 1 aromatic rings. The lowest BCUT2D eigenvalue weighted by Crippen LogP contribution is -2.49. The molecule has 2 heterocycles. The van der Waals surface area contributed by atoms with E-state index in [1.165, 1.54) is 0 Å². The second-order valence-corrected chi connectivity index (χ2v) is 4.62. The molecule has 0 bridgehead atoms. The largest absolute Gasteiger partial charge is 0.448 e. The van der Waals surface area contributed by atoms with Crippen molar-refractivity contribution >= 4 is 17.5 Å². The Morgan fingerprint density at radius 2 is 2.22 bits per heavy atom. The normalized spacial score (nSPS) is 17.8. The summed E-state index contributed by atoms with van der Waals surface area (Å²) in [6, 6.07) is 3.24. The van der Waals surface area contributed by atoms with Crippen LogP contribution in [0.15, 0.2) is 16.5 Å². The van der Waals surface area contributed by atoms with E-state index < -0.39 is 0 Å². The molecular formula is C12H17ClN2O3. The van der Waals surface area contributed by atoms with Gasteiger partial charge in [0.25, 0.3) is 0 Å². The molecular weight excluding hydrogens is 256 g/mol. The molecule has 0 aromatic carbocycles. The number of rotatable bonds is 4. The molecule has 1 N–H and O–H groups in total. The highest BCUT2D eigenvalue weighted by Crippen LogP contribution is 2.13. The van der Waals surface area contributed by atoms with Crippen molar-refractivity contribution in [1.29, 1.82) is 0 Å². The molecule has 1 aliphatic heterocycles. The van der Waals surface area contributed by atoms with Gasteiger partial charge >= 0.3 is 0 Å². The topological polar surface area (TPSA) is 54.7 Å². The molecule has 0 spiro atoms. The number of amides is 1. The Kier molecular flexibility index (Phi) is 4.63. The van der Waals surface area contributed by atoms with Crippen LogP contribution in [0.2, 0.25) is 5.22 Å². The quantitative estimate of drug-likeness (QED) is 0.897. The number of furan rings is 1. The maximum atomic E-state index is 12.1. The van der Waals surface area contributed by atoms with E-state index in [0.29, 0.717) is 38.1 Å². The van der Waals surface area contributed by atoms with Crippen LogP contribution in [0.4, 0.5) is 0 Å². The first-order chi connectivity index (χ1) is 8.66. The van der Waals surface area contributed by atoms with Crippen molar-refractivity contribution in [2.24, 2.45) is 0 Å². The van der Waals surface area contributed by atoms with E-state index in [1.54, 1.807) is 12.1 Å². The zero-order chi connectivity index (χ0) is 13.0. The van der Waals surface area contributed by atoms with Gasteiger partial charge in [0.2, 0.25) is 5.91 Å². The number of nitrogens with zero attached hydrogens (tertiary/aromatic N) is 1. The van der Waals surface area contributed by atoms with Gasteiger partial charge in [-0.15, -0.1) is 0 Å². The monoisotopic (exact) mass is 272 g/mol. The summed E-state index contributed by atoms with van der Waals surface area (Å²) in [6.45, 7) is 4.90. The first kappa shape index (κ1) is 13.4. The van der Waals surface area contributed by atoms with Gasteiger partial charge in [0, 0.05) is 13.1 Å². The van der Waals surface area contributed by atoms with Crippen molar-refractivity contribution in [3.63, 3.8) is 0 Å². The lowest BCUT2D eigenvalue weighted by molar-refractivity contribution is -0.137. The smallest absolute Gasteiger partial charge is 0.239 e. The molecule has 1 amide bonds. The highest BCUT2D eigenvalue weighted by molar-refractivity contribution is 6.28. The summed E-state index contributed by atoms with van der Waals surface area (Å²) < 4.78 is 10.4. The third-order valence-corrected chi connectivity index (χ3v) is 3.11. The Hall–Kier alpha value is -1.04. The SMILES string of the molecule is CC(NCc1ccc(Cl)o1)C(=O)N1CCOCC1. The second-order valence-electron chi connectivity index (χ2n) is 4.25. The van der Waals surface area contributed by atoms with E-state index in [9.17, 15) is 4.79 Å². The van der Waals surface area contributed by atoms with Crippen LogP contribution in [0.25, 0.3) is 0 Å². The molecule has 100 valence electrons. The fourth-order valence-corrected chi connectivity index (χ4v) is 2.01. The average Bonchev–Trinajstić information content (AvgIpc) is 2.82. The minimum absolute atomic E-state index is 0.0935. The Bertz CT molecular complexity index is 402. The molecule has 0 aliphatic carbocycles. The molecule has 1 fully saturated rings. The molecule has 1 saturated heterocycles. The van der Waals surface area contributed by atoms with E-state index in [-0.39, 0.29) is 11.9 Å². The van der Waals surface area contributed by atoms with Crippen LogP contribution < -0.4 is 5.32 Å². The lowest BCUT2D eigenvalue weighted by atomic mass is 10.2. The Labute approximate surface area is 111 Å². The summed E-state index contributed by atoms with van der Waals surface area (Å²) >= 11 is 5.68. The molecule has 1 atom stereocenters. The Morgan fingerprint density at radius 1 is 1.50 bits per heavy atom. The average molecular weight is 273 g/mol. The predicted molar refractivity (Wildman–Crippen MR) is 67.4 cm³/mol. The van der Waals surface area contributed by atoms with Gasteiger partial charge in [0.1, 0.15) is 5.76 Å². The van der Waals surface area contributed by atoms with Crippen LogP contribution >= 0.6 is 11.6 Å². The zero-order valence-corrected chi connectivity index (χ0v) is 11.1. The minimum Gasteiger partial charge on any atom is -0.448 e. The third-order valence-electron chi connectivity index (χ3n) is 2.90. The van der Waals surface area contributed by atoms with Gasteiger partial charge < -0.3 is 14.1 Å². The fraction of sp³-hybridized carbons (Fsp3) is 0.583. The molecule has 0 saturated carbocycles. The standard InChI is InChI=1S/C12H17ClN2O3/c1-9(12(16)15-4-6-17-7-5-15)14-8-10-2-3-11(13)18-10/h2-3,9,14H,4-8H2,1H3. The van der Waals surface area contributed by atoms with E-state index >= 15 is 0 Å². The number of ether oxygens (including phenoxy) is 1. The van der Waals surface area contributed by atoms with Gasteiger partial charge in [-0.05, 0) is 30.7 Å². The summed E-state index contributed by atoms with van der Waals surface area (Å²) in [5.41, 5.74) is 0. The van der Waals surface area contributed by atoms with Gasteiger partial charge in [-0.2, -0.15) is 0 Å². The van der Waals surface area contributed by atoms with E-state index in [2.05, 4.69) is 5.32 Å². The van der Waals surface area contributed by atoms with Crippen LogP contribution in [0.5, 0.6) is 0 Å². The molecule has 18 heavy (non-hydrogen) atoms. The van der Waals surface area contributed by atoms with Gasteiger partial charge in [0.05, 0.1) is 25.8 Å². The number of hydrogen-bond acceptors (Lipinski definition) is 4. The Morgan fingerprint density at radius 3 is 2.83 bits per heavy atom. The molecule has 2 rings (SSSR count). The summed E-state index contributed by atoms with van der Waals surface area (Å²) in [5, 5.41) is 3.49. The van der Waals surface area contributed by atoms with Crippen LogP contribution in [0, 0.1) is 0 Å². The number of carbonyl (C=O) groups excluding carboxylic acids is 1. The highest BCUT2D eigenvalue weighted by Gasteiger charge is 2.22. The van der Waals surface area contributed by atoms with Gasteiger partial charge in [-0.3, -0.25) is 10.1 Å². The highest BCUT2D eigenvalue weighted by atomic mass is 35.5. The van der Waals surface area contributed by atoms with Crippen molar-refractivity contribution in [3.05, 3.63) is 23.1 Å². The molecule has 1 unspecified atom stereocenters. The number of halogens is 1. The zero-order valence-electron chi connectivity index (χ0n) is 10.3. The molecule has 5 nitrogen and oxygen atoms in total. The number of hydrogen-bond donors (Lipinski definition) is 1. The maximum absolute atomic E-state index is 12.1. The predicted octanol–water partition coefficient (Wildman–Crippen LogP) is 1.27. The van der Waals surface area contributed by atoms with Crippen molar-refractivity contribution < 1.29 is 13.9 Å². The van der Waals surface area contributed by atoms with Crippen LogP contribution in [-0.2, 0) is 16.1 Å². The summed E-state index contributed by atoms with van der Waals surface area (Å²) in [7, 11) is 0. The Balaban J connectivity index is 1.79. The first-order valence-electron chi connectivity index (χ1n) is 6.01. The van der Waals surface area contributed by atoms with E-state index in [1.807, 2.05) is 11.8 Å². The van der Waals surface area contributed by atoms with Gasteiger partial charge in [-0.1, -0.05) is 0 Å². The van der Waals surface area contributed by atoms with Crippen LogP contribution in [0.1, 0.15) is 12.7 Å². The molecule has 1 aromatic heterocycles. The number of morpholine rings is 1. The lowest BCUT2D eigenvalue weighted by Gasteiger charge is -2.29. The van der Waals surface area contributed by atoms with Crippen molar-refractivity contribution in [2.75, 3.05) is 26.3 Å². The molecule has 1 aliphatic rings. The van der Waals surface area contributed by atoms with E-state index in [4.69, 9.17) is 20.8 Å². The van der Waals surface area contributed by atoms with Crippen molar-refractivity contribution in [3.8, 4) is 0 Å². The van der Waals surface area contributed by atoms with Crippen molar-refractivity contribution in [1.82, 2.24) is 10.2 Å².